The van der Waals surface area contributed by atoms with Gasteiger partial charge in [-0.2, -0.15) is 0 Å². The van der Waals surface area contributed by atoms with E-state index in [4.69, 9.17) is 23.2 Å². The zero-order valence-corrected chi connectivity index (χ0v) is 22.2. The molecular formula is C30H25Cl2N3O2. The summed E-state index contributed by atoms with van der Waals surface area (Å²) in [6.07, 6.45) is 1.88. The highest BCUT2D eigenvalue weighted by molar-refractivity contribution is 6.42. The van der Waals surface area contributed by atoms with E-state index in [1.165, 1.54) is 0 Å². The van der Waals surface area contributed by atoms with Crippen LogP contribution in [0.3, 0.4) is 0 Å². The molecule has 5 nitrogen and oxygen atoms in total. The predicted molar refractivity (Wildman–Crippen MR) is 151 cm³/mol. The molecule has 186 valence electrons. The quantitative estimate of drug-likeness (QED) is 0.261. The number of carbonyl (C=O) groups excluding carboxylic acids is 2. The molecule has 0 spiro atoms. The number of rotatable bonds is 5. The van der Waals surface area contributed by atoms with Gasteiger partial charge in [-0.1, -0.05) is 47.0 Å². The van der Waals surface area contributed by atoms with Gasteiger partial charge >= 0.3 is 0 Å². The Kier molecular flexibility index (Phi) is 6.67. The van der Waals surface area contributed by atoms with E-state index in [9.17, 15) is 9.59 Å². The molecule has 1 aliphatic heterocycles. The number of benzene rings is 3. The van der Waals surface area contributed by atoms with Crippen molar-refractivity contribution in [3.05, 3.63) is 116 Å². The van der Waals surface area contributed by atoms with Crippen molar-refractivity contribution in [3.8, 4) is 0 Å². The molecule has 0 aliphatic carbocycles. The molecule has 0 saturated carbocycles. The lowest BCUT2D eigenvalue weighted by Crippen LogP contribution is -2.25. The number of hydrogen-bond donors (Lipinski definition) is 2. The number of amides is 2. The molecular weight excluding hydrogens is 505 g/mol. The lowest BCUT2D eigenvalue weighted by atomic mass is 10.0. The van der Waals surface area contributed by atoms with Crippen molar-refractivity contribution < 1.29 is 9.59 Å². The van der Waals surface area contributed by atoms with Gasteiger partial charge in [0.05, 0.1) is 27.9 Å². The molecule has 7 heteroatoms. The Morgan fingerprint density at radius 1 is 0.973 bits per heavy atom. The van der Waals surface area contributed by atoms with Gasteiger partial charge in [-0.05, 0) is 86.5 Å². The number of aromatic nitrogens is 1. The van der Waals surface area contributed by atoms with Crippen LogP contribution in [0.1, 0.15) is 44.0 Å². The predicted octanol–water partition coefficient (Wildman–Crippen LogP) is 7.59. The number of halogens is 2. The van der Waals surface area contributed by atoms with E-state index in [-0.39, 0.29) is 11.8 Å². The summed E-state index contributed by atoms with van der Waals surface area (Å²) in [6.45, 7) is 6.26. The number of aryl methyl sites for hydroxylation is 3. The molecule has 0 unspecified atom stereocenters. The Labute approximate surface area is 225 Å². The third-order valence-electron chi connectivity index (χ3n) is 6.39. The lowest BCUT2D eigenvalue weighted by Gasteiger charge is -2.18. The van der Waals surface area contributed by atoms with Crippen molar-refractivity contribution in [1.29, 1.82) is 0 Å². The van der Waals surface area contributed by atoms with E-state index in [0.29, 0.717) is 33.4 Å². The second-order valence-electron chi connectivity index (χ2n) is 9.30. The number of aromatic amines is 1. The summed E-state index contributed by atoms with van der Waals surface area (Å²) in [5, 5.41) is 3.87. The van der Waals surface area contributed by atoms with Crippen LogP contribution >= 0.6 is 23.2 Å². The number of carbonyl (C=O) groups is 2. The van der Waals surface area contributed by atoms with Gasteiger partial charge in [-0.25, -0.2) is 0 Å². The summed E-state index contributed by atoms with van der Waals surface area (Å²) in [5.74, 6) is -0.336. The van der Waals surface area contributed by atoms with Crippen molar-refractivity contribution in [2.24, 2.45) is 0 Å². The van der Waals surface area contributed by atoms with Gasteiger partial charge in [-0.3, -0.25) is 9.59 Å². The Bertz CT molecular complexity index is 1590. The maximum absolute atomic E-state index is 13.7. The second kappa shape index (κ2) is 9.92. The van der Waals surface area contributed by atoms with Crippen LogP contribution in [-0.2, 0) is 11.3 Å². The first-order chi connectivity index (χ1) is 17.7. The first kappa shape index (κ1) is 24.9. The van der Waals surface area contributed by atoms with Gasteiger partial charge in [-0.15, -0.1) is 0 Å². The average molecular weight is 530 g/mol. The number of nitrogens with zero attached hydrogens (tertiary/aromatic N) is 1. The zero-order chi connectivity index (χ0) is 26.3. The Balaban J connectivity index is 1.54. The maximum Gasteiger partial charge on any atom is 0.259 e. The van der Waals surface area contributed by atoms with Crippen LogP contribution < -0.4 is 10.2 Å². The smallest absolute Gasteiger partial charge is 0.259 e. The van der Waals surface area contributed by atoms with E-state index >= 15 is 0 Å². The molecule has 0 fully saturated rings. The van der Waals surface area contributed by atoms with Gasteiger partial charge in [0.2, 0.25) is 0 Å². The van der Waals surface area contributed by atoms with Crippen molar-refractivity contribution in [3.63, 3.8) is 0 Å². The molecule has 0 atom stereocenters. The molecule has 0 radical (unpaired) electrons. The normalized spacial score (nSPS) is 13.8. The molecule has 1 aromatic heterocycles. The van der Waals surface area contributed by atoms with Crippen LogP contribution in [-0.4, -0.2) is 16.8 Å². The minimum Gasteiger partial charge on any atom is -0.359 e. The van der Waals surface area contributed by atoms with E-state index in [0.717, 1.165) is 39.3 Å². The molecule has 0 bridgehead atoms. The fraction of sp³-hybridized carbons (Fsp3) is 0.133. The lowest BCUT2D eigenvalue weighted by molar-refractivity contribution is -0.113. The Morgan fingerprint density at radius 2 is 1.78 bits per heavy atom. The van der Waals surface area contributed by atoms with E-state index in [1.54, 1.807) is 23.1 Å². The third kappa shape index (κ3) is 5.06. The number of anilines is 2. The summed E-state index contributed by atoms with van der Waals surface area (Å²) >= 11 is 12.3. The highest BCUT2D eigenvalue weighted by Gasteiger charge is 2.33. The van der Waals surface area contributed by atoms with Gasteiger partial charge in [0.1, 0.15) is 0 Å². The number of H-pyrrole nitrogens is 1. The number of hydrogen-bond acceptors (Lipinski definition) is 2. The van der Waals surface area contributed by atoms with Crippen LogP contribution in [0.5, 0.6) is 0 Å². The molecule has 2 heterocycles. The first-order valence-electron chi connectivity index (χ1n) is 11.9. The summed E-state index contributed by atoms with van der Waals surface area (Å²) < 4.78 is 0. The monoisotopic (exact) mass is 529 g/mol. The summed E-state index contributed by atoms with van der Waals surface area (Å²) in [7, 11) is 0. The van der Waals surface area contributed by atoms with Crippen molar-refractivity contribution in [2.45, 2.75) is 27.3 Å². The standard InChI is InChI=1S/C30H25Cl2N3O2/c1-17-5-4-6-21(11-17)29(36)34-22-8-10-28-23(14-22)24(15-27-18(2)12-19(3)33-27)30(37)35(28)16-20-7-9-25(31)26(32)13-20/h4-15,33H,16H2,1-3H3,(H,34,36)/b24-15-. The maximum atomic E-state index is 13.7. The molecule has 1 aliphatic rings. The Hall–Kier alpha value is -3.80. The first-order valence-corrected chi connectivity index (χ1v) is 12.6. The highest BCUT2D eigenvalue weighted by atomic mass is 35.5. The summed E-state index contributed by atoms with van der Waals surface area (Å²) in [5.41, 5.74) is 8.05. The molecule has 37 heavy (non-hydrogen) atoms. The highest BCUT2D eigenvalue weighted by Crippen LogP contribution is 2.41. The van der Waals surface area contributed by atoms with Crippen LogP contribution in [0.2, 0.25) is 10.0 Å². The van der Waals surface area contributed by atoms with E-state index in [2.05, 4.69) is 10.3 Å². The van der Waals surface area contributed by atoms with Crippen LogP contribution in [0, 0.1) is 20.8 Å². The van der Waals surface area contributed by atoms with Crippen LogP contribution in [0.15, 0.2) is 66.7 Å². The van der Waals surface area contributed by atoms with Gasteiger partial charge in [0, 0.05) is 28.2 Å². The van der Waals surface area contributed by atoms with Crippen molar-refractivity contribution in [2.75, 3.05) is 10.2 Å². The molecule has 0 saturated heterocycles. The van der Waals surface area contributed by atoms with Crippen molar-refractivity contribution in [1.82, 2.24) is 4.98 Å². The van der Waals surface area contributed by atoms with Crippen molar-refractivity contribution >= 4 is 58.0 Å². The third-order valence-corrected chi connectivity index (χ3v) is 7.13. The minimum atomic E-state index is -0.206. The zero-order valence-electron chi connectivity index (χ0n) is 20.7. The van der Waals surface area contributed by atoms with E-state index < -0.39 is 0 Å². The second-order valence-corrected chi connectivity index (χ2v) is 10.1. The van der Waals surface area contributed by atoms with Crippen LogP contribution in [0.25, 0.3) is 11.6 Å². The molecule has 2 amide bonds. The minimum absolute atomic E-state index is 0.130. The molecule has 5 rings (SSSR count). The number of fused-ring (bicyclic) bond motifs is 1. The number of nitrogens with one attached hydrogen (secondary N) is 2. The van der Waals surface area contributed by atoms with E-state index in [1.807, 2.05) is 75.4 Å². The molecule has 3 aromatic carbocycles. The fourth-order valence-corrected chi connectivity index (χ4v) is 4.91. The topological polar surface area (TPSA) is 65.2 Å². The van der Waals surface area contributed by atoms with Crippen LogP contribution in [0.4, 0.5) is 11.4 Å². The van der Waals surface area contributed by atoms with Gasteiger partial charge < -0.3 is 15.2 Å². The summed E-state index contributed by atoms with van der Waals surface area (Å²) in [4.78, 5) is 31.7. The average Bonchev–Trinajstić information content (AvgIpc) is 3.31. The van der Waals surface area contributed by atoms with Gasteiger partial charge in [0.15, 0.2) is 0 Å². The summed E-state index contributed by atoms with van der Waals surface area (Å²) in [6, 6.07) is 20.4. The molecule has 2 N–H and O–H groups in total. The SMILES string of the molecule is Cc1cccc(C(=O)Nc2ccc3c(c2)/C(=C/c2[nH]c(C)cc2C)C(=O)N3Cc2ccc(Cl)c(Cl)c2)c1. The largest absolute Gasteiger partial charge is 0.359 e. The molecule has 4 aromatic rings. The van der Waals surface area contributed by atoms with Gasteiger partial charge in [0.25, 0.3) is 11.8 Å². The Morgan fingerprint density at radius 3 is 2.49 bits per heavy atom. The fourth-order valence-electron chi connectivity index (χ4n) is 4.59.